The maximum absolute atomic E-state index is 12.5. The number of nitrogens with zero attached hydrogens (tertiary/aromatic N) is 5. The fraction of sp³-hybridized carbons (Fsp3) is 0.286. The zero-order chi connectivity index (χ0) is 26.6. The summed E-state index contributed by atoms with van der Waals surface area (Å²) in [4.78, 5) is 17.1. The van der Waals surface area contributed by atoms with Gasteiger partial charge in [-0.1, -0.05) is 37.3 Å². The van der Waals surface area contributed by atoms with E-state index < -0.39 is 6.09 Å². The van der Waals surface area contributed by atoms with Gasteiger partial charge in [-0.15, -0.1) is 0 Å². The van der Waals surface area contributed by atoms with Crippen LogP contribution in [0, 0.1) is 0 Å². The highest BCUT2D eigenvalue weighted by Crippen LogP contribution is 2.30. The Labute approximate surface area is 225 Å². The molecule has 1 aliphatic rings. The average Bonchev–Trinajstić information content (AvgIpc) is 3.53. The van der Waals surface area contributed by atoms with Crippen molar-refractivity contribution < 1.29 is 14.3 Å². The van der Waals surface area contributed by atoms with Gasteiger partial charge < -0.3 is 20.1 Å². The number of morpholine rings is 1. The van der Waals surface area contributed by atoms with Crippen LogP contribution >= 0.6 is 0 Å². The third kappa shape index (κ3) is 5.40. The van der Waals surface area contributed by atoms with Crippen LogP contribution in [0.3, 0.4) is 0 Å². The first-order chi connectivity index (χ1) is 19.2. The van der Waals surface area contributed by atoms with Crippen LogP contribution in [-0.4, -0.2) is 62.9 Å². The molecule has 11 heteroatoms. The largest absolute Gasteiger partial charge is 0.448 e. The molecule has 1 fully saturated rings. The highest BCUT2D eigenvalue weighted by atomic mass is 16.6. The van der Waals surface area contributed by atoms with Gasteiger partial charge in [-0.05, 0) is 30.2 Å². The van der Waals surface area contributed by atoms with Crippen molar-refractivity contribution >= 4 is 39.7 Å². The van der Waals surface area contributed by atoms with Crippen LogP contribution in [0.15, 0.2) is 67.3 Å². The van der Waals surface area contributed by atoms with E-state index in [1.165, 1.54) is 11.9 Å². The molecule has 11 nitrogen and oxygen atoms in total. The molecule has 1 atom stereocenters. The topological polar surface area (TPSA) is 120 Å². The van der Waals surface area contributed by atoms with Crippen LogP contribution in [0.2, 0.25) is 0 Å². The van der Waals surface area contributed by atoms with Gasteiger partial charge in [0.2, 0.25) is 0 Å². The summed E-state index contributed by atoms with van der Waals surface area (Å²) in [5.41, 5.74) is 5.46. The van der Waals surface area contributed by atoms with E-state index in [1.807, 2.05) is 42.1 Å². The molecule has 2 aromatic carbocycles. The van der Waals surface area contributed by atoms with Gasteiger partial charge >= 0.3 is 6.09 Å². The molecule has 200 valence electrons. The van der Waals surface area contributed by atoms with E-state index in [2.05, 4.69) is 55.4 Å². The highest BCUT2D eigenvalue weighted by Gasteiger charge is 2.19. The van der Waals surface area contributed by atoms with Crippen LogP contribution in [0.1, 0.15) is 18.1 Å². The number of fused-ring (bicyclic) bond motifs is 2. The molecule has 3 N–H and O–H groups in total. The number of anilines is 3. The first-order valence-corrected chi connectivity index (χ1v) is 13.0. The summed E-state index contributed by atoms with van der Waals surface area (Å²) in [6.45, 7) is 4.91. The van der Waals surface area contributed by atoms with E-state index in [0.29, 0.717) is 37.7 Å². The van der Waals surface area contributed by atoms with Crippen molar-refractivity contribution in [1.82, 2.24) is 29.7 Å². The normalized spacial score (nSPS) is 15.5. The number of ether oxygens (including phenoxy) is 2. The number of amides is 1. The van der Waals surface area contributed by atoms with Gasteiger partial charge in [0.1, 0.15) is 18.5 Å². The Morgan fingerprint density at radius 2 is 2.10 bits per heavy atom. The van der Waals surface area contributed by atoms with Crippen molar-refractivity contribution in [2.75, 3.05) is 37.0 Å². The minimum Gasteiger partial charge on any atom is -0.448 e. The highest BCUT2D eigenvalue weighted by molar-refractivity contribution is 5.91. The minimum absolute atomic E-state index is 0.00675. The van der Waals surface area contributed by atoms with Gasteiger partial charge in [0, 0.05) is 23.2 Å². The van der Waals surface area contributed by atoms with Crippen molar-refractivity contribution in [2.45, 2.75) is 25.9 Å². The molecule has 39 heavy (non-hydrogen) atoms. The van der Waals surface area contributed by atoms with Gasteiger partial charge in [-0.3, -0.25) is 10.00 Å². The molecule has 0 unspecified atom stereocenters. The van der Waals surface area contributed by atoms with Crippen LogP contribution < -0.4 is 16.0 Å². The summed E-state index contributed by atoms with van der Waals surface area (Å²) in [6.07, 6.45) is 5.28. The number of aryl methyl sites for hydroxylation is 1. The molecule has 0 spiro atoms. The fourth-order valence-electron chi connectivity index (χ4n) is 4.86. The van der Waals surface area contributed by atoms with Crippen LogP contribution in [0.5, 0.6) is 0 Å². The SMILES string of the molecule is CCc1c(NC(=O)OC[C@H]2COCCN2)cn2ncnc(Nc3ccc4c(cnn4Cc4ccccc4)c3)c12. The van der Waals surface area contributed by atoms with E-state index in [0.717, 1.165) is 34.2 Å². The summed E-state index contributed by atoms with van der Waals surface area (Å²) < 4.78 is 14.6. The van der Waals surface area contributed by atoms with Crippen LogP contribution in [0.25, 0.3) is 16.4 Å². The number of carbonyl (C=O) groups excluding carboxylic acids is 1. The lowest BCUT2D eigenvalue weighted by molar-refractivity contribution is 0.0494. The van der Waals surface area contributed by atoms with Gasteiger partial charge in [0.15, 0.2) is 5.82 Å². The van der Waals surface area contributed by atoms with Crippen LogP contribution in [-0.2, 0) is 22.4 Å². The molecule has 0 saturated carbocycles. The molecule has 0 bridgehead atoms. The second-order valence-corrected chi connectivity index (χ2v) is 9.41. The average molecular weight is 527 g/mol. The number of aromatic nitrogens is 5. The van der Waals surface area contributed by atoms with E-state index in [1.54, 1.807) is 10.7 Å². The molecule has 6 rings (SSSR count). The maximum Gasteiger partial charge on any atom is 0.411 e. The number of carbonyl (C=O) groups is 1. The van der Waals surface area contributed by atoms with Gasteiger partial charge in [0.05, 0.1) is 49.4 Å². The molecule has 1 saturated heterocycles. The van der Waals surface area contributed by atoms with E-state index in [4.69, 9.17) is 9.47 Å². The van der Waals surface area contributed by atoms with E-state index in [-0.39, 0.29) is 12.6 Å². The van der Waals surface area contributed by atoms with Gasteiger partial charge in [-0.25, -0.2) is 14.3 Å². The molecule has 0 aliphatic carbocycles. The molecule has 1 aliphatic heterocycles. The Morgan fingerprint density at radius 3 is 2.92 bits per heavy atom. The van der Waals surface area contributed by atoms with E-state index >= 15 is 0 Å². The lowest BCUT2D eigenvalue weighted by atomic mass is 10.2. The molecule has 4 heterocycles. The Hall–Kier alpha value is -4.48. The number of rotatable bonds is 8. The van der Waals surface area contributed by atoms with Crippen molar-refractivity contribution in [3.63, 3.8) is 0 Å². The van der Waals surface area contributed by atoms with Gasteiger partial charge in [0.25, 0.3) is 0 Å². The lowest BCUT2D eigenvalue weighted by Gasteiger charge is -2.23. The number of nitrogens with one attached hydrogen (secondary N) is 3. The maximum atomic E-state index is 12.5. The summed E-state index contributed by atoms with van der Waals surface area (Å²) in [5.74, 6) is 0.642. The molecule has 1 amide bonds. The lowest BCUT2D eigenvalue weighted by Crippen LogP contribution is -2.44. The molecule has 0 radical (unpaired) electrons. The predicted octanol–water partition coefficient (Wildman–Crippen LogP) is 3.97. The second kappa shape index (κ2) is 11.1. The first-order valence-electron chi connectivity index (χ1n) is 13.0. The fourth-order valence-corrected chi connectivity index (χ4v) is 4.86. The predicted molar refractivity (Wildman–Crippen MR) is 149 cm³/mol. The second-order valence-electron chi connectivity index (χ2n) is 9.41. The summed E-state index contributed by atoms with van der Waals surface area (Å²) in [6, 6.07) is 16.4. The van der Waals surface area contributed by atoms with Gasteiger partial charge in [-0.2, -0.15) is 10.2 Å². The third-order valence-corrected chi connectivity index (χ3v) is 6.76. The molecule has 3 aromatic heterocycles. The Kier molecular flexibility index (Phi) is 7.07. The summed E-state index contributed by atoms with van der Waals surface area (Å²) in [5, 5.41) is 19.6. The van der Waals surface area contributed by atoms with Crippen molar-refractivity contribution in [1.29, 1.82) is 0 Å². The standard InChI is InChI=1S/C28H30N8O3/c1-2-23-24(34-28(37)39-17-22-16-38-11-10-29-22)15-36-26(23)27(30-18-32-36)33-21-8-9-25-20(12-21)13-31-35(25)14-19-6-4-3-5-7-19/h3-9,12-13,15,18,22,29H,2,10-11,14,16-17H2,1H3,(H,34,37)(H,30,32,33)/t22-/m1/s1. The first kappa shape index (κ1) is 24.8. The van der Waals surface area contributed by atoms with Crippen molar-refractivity contribution in [2.24, 2.45) is 0 Å². The summed E-state index contributed by atoms with van der Waals surface area (Å²) >= 11 is 0. The summed E-state index contributed by atoms with van der Waals surface area (Å²) in [7, 11) is 0. The monoisotopic (exact) mass is 526 g/mol. The molecular formula is C28H30N8O3. The Bertz CT molecular complexity index is 1590. The molecular weight excluding hydrogens is 496 g/mol. The number of hydrogen-bond acceptors (Lipinski definition) is 8. The quantitative estimate of drug-likeness (QED) is 0.278. The van der Waals surface area contributed by atoms with Crippen molar-refractivity contribution in [3.8, 4) is 0 Å². The zero-order valence-electron chi connectivity index (χ0n) is 21.6. The van der Waals surface area contributed by atoms with E-state index in [9.17, 15) is 4.79 Å². The number of hydrogen-bond donors (Lipinski definition) is 3. The minimum atomic E-state index is -0.520. The third-order valence-electron chi connectivity index (χ3n) is 6.76. The van der Waals surface area contributed by atoms with Crippen LogP contribution in [0.4, 0.5) is 22.0 Å². The zero-order valence-corrected chi connectivity index (χ0v) is 21.6. The Balaban J connectivity index is 1.20. The number of benzene rings is 2. The smallest absolute Gasteiger partial charge is 0.411 e. The van der Waals surface area contributed by atoms with Crippen molar-refractivity contribution in [3.05, 3.63) is 78.4 Å². The molecule has 5 aromatic rings. The Morgan fingerprint density at radius 1 is 1.21 bits per heavy atom.